The summed E-state index contributed by atoms with van der Waals surface area (Å²) in [5, 5.41) is 0.948. The maximum absolute atomic E-state index is 12.8. The molecule has 2 aliphatic rings. The second-order valence-electron chi connectivity index (χ2n) is 5.84. The second kappa shape index (κ2) is 5.81. The molecular weight excluding hydrogens is 312 g/mol. The molecule has 0 N–H and O–H groups in total. The molecule has 1 amide bonds. The van der Waals surface area contributed by atoms with E-state index in [-0.39, 0.29) is 11.8 Å². The van der Waals surface area contributed by atoms with Crippen molar-refractivity contribution in [3.8, 4) is 5.75 Å². The third kappa shape index (κ3) is 2.65. The SMILES string of the molecule is Cc1nsc(N2CCN(C(=O)[C@@H]3COc4ccccc43)CC2)n1. The average Bonchev–Trinajstić information content (AvgIpc) is 3.21. The fourth-order valence-electron chi connectivity index (χ4n) is 3.12. The molecule has 0 spiro atoms. The lowest BCUT2D eigenvalue weighted by Gasteiger charge is -2.35. The van der Waals surface area contributed by atoms with Gasteiger partial charge >= 0.3 is 0 Å². The number of para-hydroxylation sites is 1. The van der Waals surface area contributed by atoms with Gasteiger partial charge in [0.25, 0.3) is 0 Å². The molecule has 0 unspecified atom stereocenters. The molecule has 6 nitrogen and oxygen atoms in total. The van der Waals surface area contributed by atoms with Gasteiger partial charge in [0.15, 0.2) is 0 Å². The van der Waals surface area contributed by atoms with Gasteiger partial charge in [0.1, 0.15) is 24.1 Å². The van der Waals surface area contributed by atoms with Gasteiger partial charge in [-0.1, -0.05) is 18.2 Å². The number of aromatic nitrogens is 2. The Morgan fingerprint density at radius 2 is 2.04 bits per heavy atom. The minimum absolute atomic E-state index is 0.165. The van der Waals surface area contributed by atoms with Gasteiger partial charge in [0.05, 0.1) is 0 Å². The first kappa shape index (κ1) is 14.4. The Morgan fingerprint density at radius 3 is 2.78 bits per heavy atom. The highest BCUT2D eigenvalue weighted by atomic mass is 32.1. The summed E-state index contributed by atoms with van der Waals surface area (Å²) in [6.45, 7) is 5.39. The molecular formula is C16H18N4O2S. The summed E-state index contributed by atoms with van der Waals surface area (Å²) in [5.41, 5.74) is 1.01. The zero-order chi connectivity index (χ0) is 15.8. The first-order valence-electron chi connectivity index (χ1n) is 7.78. The minimum atomic E-state index is -0.165. The standard InChI is InChI=1S/C16H18N4O2S/c1-11-17-16(23-18-11)20-8-6-19(7-9-20)15(21)13-10-22-14-5-3-2-4-12(13)14/h2-5,13H,6-10H2,1H3/t13-/m1/s1. The first-order valence-corrected chi connectivity index (χ1v) is 8.55. The molecule has 2 aliphatic heterocycles. The Kier molecular flexibility index (Phi) is 3.65. The number of ether oxygens (including phenoxy) is 1. The number of hydrogen-bond donors (Lipinski definition) is 0. The van der Waals surface area contributed by atoms with E-state index in [0.29, 0.717) is 6.61 Å². The number of amides is 1. The molecule has 120 valence electrons. The molecule has 4 rings (SSSR count). The van der Waals surface area contributed by atoms with E-state index in [1.807, 2.05) is 36.1 Å². The largest absolute Gasteiger partial charge is 0.492 e. The lowest BCUT2D eigenvalue weighted by molar-refractivity contribution is -0.133. The van der Waals surface area contributed by atoms with Gasteiger partial charge in [0.2, 0.25) is 11.0 Å². The fraction of sp³-hybridized carbons (Fsp3) is 0.438. The number of benzene rings is 1. The zero-order valence-electron chi connectivity index (χ0n) is 12.9. The quantitative estimate of drug-likeness (QED) is 0.838. The van der Waals surface area contributed by atoms with E-state index in [4.69, 9.17) is 4.74 Å². The van der Waals surface area contributed by atoms with E-state index < -0.39 is 0 Å². The molecule has 0 radical (unpaired) electrons. The maximum atomic E-state index is 12.8. The van der Waals surface area contributed by atoms with Crippen LogP contribution in [0.3, 0.4) is 0 Å². The van der Waals surface area contributed by atoms with Crippen molar-refractivity contribution < 1.29 is 9.53 Å². The number of fused-ring (bicyclic) bond motifs is 1. The Morgan fingerprint density at radius 1 is 1.26 bits per heavy atom. The predicted octanol–water partition coefficient (Wildman–Crippen LogP) is 1.67. The van der Waals surface area contributed by atoms with Crippen LogP contribution in [0.15, 0.2) is 24.3 Å². The van der Waals surface area contributed by atoms with Gasteiger partial charge < -0.3 is 14.5 Å². The van der Waals surface area contributed by atoms with Crippen LogP contribution in [0.4, 0.5) is 5.13 Å². The highest BCUT2D eigenvalue weighted by Gasteiger charge is 2.34. The Bertz CT molecular complexity index is 724. The van der Waals surface area contributed by atoms with Crippen LogP contribution in [0.2, 0.25) is 0 Å². The maximum Gasteiger partial charge on any atom is 0.233 e. The van der Waals surface area contributed by atoms with Crippen LogP contribution in [0.5, 0.6) is 5.75 Å². The summed E-state index contributed by atoms with van der Waals surface area (Å²) in [6.07, 6.45) is 0. The second-order valence-corrected chi connectivity index (χ2v) is 6.57. The van der Waals surface area contributed by atoms with E-state index in [0.717, 1.165) is 48.4 Å². The number of anilines is 1. The van der Waals surface area contributed by atoms with E-state index in [1.165, 1.54) is 11.5 Å². The van der Waals surface area contributed by atoms with Crippen LogP contribution < -0.4 is 9.64 Å². The number of hydrogen-bond acceptors (Lipinski definition) is 6. The number of carbonyl (C=O) groups excluding carboxylic acids is 1. The summed E-state index contributed by atoms with van der Waals surface area (Å²) < 4.78 is 9.87. The summed E-state index contributed by atoms with van der Waals surface area (Å²) in [5.74, 6) is 1.65. The fourth-order valence-corrected chi connectivity index (χ4v) is 3.85. The highest BCUT2D eigenvalue weighted by Crippen LogP contribution is 2.34. The average molecular weight is 330 g/mol. The van der Waals surface area contributed by atoms with Crippen molar-refractivity contribution in [2.45, 2.75) is 12.8 Å². The molecule has 7 heteroatoms. The van der Waals surface area contributed by atoms with E-state index in [2.05, 4.69) is 14.3 Å². The van der Waals surface area contributed by atoms with Gasteiger partial charge in [-0.2, -0.15) is 4.37 Å². The Hall–Kier alpha value is -2.15. The molecule has 1 aromatic heterocycles. The van der Waals surface area contributed by atoms with Crippen molar-refractivity contribution in [2.24, 2.45) is 0 Å². The van der Waals surface area contributed by atoms with Crippen molar-refractivity contribution in [1.29, 1.82) is 0 Å². The highest BCUT2D eigenvalue weighted by molar-refractivity contribution is 7.09. The predicted molar refractivity (Wildman–Crippen MR) is 88.1 cm³/mol. The number of aryl methyl sites for hydroxylation is 1. The smallest absolute Gasteiger partial charge is 0.233 e. The first-order chi connectivity index (χ1) is 11.2. The summed E-state index contributed by atoms with van der Waals surface area (Å²) >= 11 is 1.42. The summed E-state index contributed by atoms with van der Waals surface area (Å²) in [6, 6.07) is 7.82. The number of nitrogens with zero attached hydrogens (tertiary/aromatic N) is 4. The normalized spacial score (nSPS) is 20.3. The van der Waals surface area contributed by atoms with Crippen LogP contribution in [0.1, 0.15) is 17.3 Å². The molecule has 0 aliphatic carbocycles. The molecule has 1 atom stereocenters. The van der Waals surface area contributed by atoms with E-state index >= 15 is 0 Å². The van der Waals surface area contributed by atoms with Gasteiger partial charge in [-0.15, -0.1) is 0 Å². The zero-order valence-corrected chi connectivity index (χ0v) is 13.8. The van der Waals surface area contributed by atoms with Crippen molar-refractivity contribution in [1.82, 2.24) is 14.3 Å². The molecule has 0 bridgehead atoms. The van der Waals surface area contributed by atoms with Gasteiger partial charge in [-0.3, -0.25) is 4.79 Å². The van der Waals surface area contributed by atoms with Crippen LogP contribution in [-0.4, -0.2) is 53.0 Å². The van der Waals surface area contributed by atoms with Crippen molar-refractivity contribution >= 4 is 22.6 Å². The van der Waals surface area contributed by atoms with Gasteiger partial charge in [-0.05, 0) is 13.0 Å². The van der Waals surface area contributed by atoms with Gasteiger partial charge in [0, 0.05) is 43.3 Å². The lowest BCUT2D eigenvalue weighted by Crippen LogP contribution is -2.50. The molecule has 2 aromatic rings. The van der Waals surface area contributed by atoms with E-state index in [9.17, 15) is 4.79 Å². The molecule has 3 heterocycles. The Balaban J connectivity index is 1.42. The van der Waals surface area contributed by atoms with Crippen LogP contribution in [0, 0.1) is 6.92 Å². The molecule has 0 saturated carbocycles. The van der Waals surface area contributed by atoms with Crippen molar-refractivity contribution in [2.75, 3.05) is 37.7 Å². The number of piperazine rings is 1. The van der Waals surface area contributed by atoms with Crippen LogP contribution in [-0.2, 0) is 4.79 Å². The summed E-state index contributed by atoms with van der Waals surface area (Å²) in [7, 11) is 0. The van der Waals surface area contributed by atoms with Crippen LogP contribution in [0.25, 0.3) is 0 Å². The van der Waals surface area contributed by atoms with Gasteiger partial charge in [-0.25, -0.2) is 4.98 Å². The van der Waals surface area contributed by atoms with E-state index in [1.54, 1.807) is 0 Å². The Labute approximate surface area is 138 Å². The molecule has 23 heavy (non-hydrogen) atoms. The monoisotopic (exact) mass is 330 g/mol. The lowest BCUT2D eigenvalue weighted by atomic mass is 9.99. The third-order valence-corrected chi connectivity index (χ3v) is 5.25. The van der Waals surface area contributed by atoms with Crippen molar-refractivity contribution in [3.05, 3.63) is 35.7 Å². The number of rotatable bonds is 2. The minimum Gasteiger partial charge on any atom is -0.492 e. The molecule has 1 aromatic carbocycles. The van der Waals surface area contributed by atoms with Crippen molar-refractivity contribution in [3.63, 3.8) is 0 Å². The number of carbonyl (C=O) groups is 1. The molecule has 1 saturated heterocycles. The van der Waals surface area contributed by atoms with Crippen LogP contribution >= 0.6 is 11.5 Å². The summed E-state index contributed by atoms with van der Waals surface area (Å²) in [4.78, 5) is 21.4. The molecule has 1 fully saturated rings. The third-order valence-electron chi connectivity index (χ3n) is 4.38. The topological polar surface area (TPSA) is 58.6 Å².